The molecule has 2 aromatic carbocycles. The number of nitrogens with one attached hydrogen (secondary N) is 1. The molecule has 3 aromatic rings. The molecule has 0 saturated heterocycles. The molecular formula is C21H17NO4S. The number of carbonyl (C=O) groups is 2. The number of benzene rings is 2. The molecule has 1 atom stereocenters. The van der Waals surface area contributed by atoms with E-state index >= 15 is 0 Å². The van der Waals surface area contributed by atoms with Crippen molar-refractivity contribution in [2.24, 2.45) is 0 Å². The van der Waals surface area contributed by atoms with Crippen molar-refractivity contribution in [3.63, 3.8) is 0 Å². The van der Waals surface area contributed by atoms with Crippen molar-refractivity contribution in [3.8, 4) is 11.1 Å². The summed E-state index contributed by atoms with van der Waals surface area (Å²) in [6.45, 7) is 0.149. The molecule has 136 valence electrons. The lowest BCUT2D eigenvalue weighted by Crippen LogP contribution is -2.34. The van der Waals surface area contributed by atoms with Crippen molar-refractivity contribution in [1.82, 2.24) is 5.32 Å². The maximum Gasteiger partial charge on any atom is 0.408 e. The second-order valence-electron chi connectivity index (χ2n) is 6.30. The van der Waals surface area contributed by atoms with Crippen molar-refractivity contribution >= 4 is 23.4 Å². The molecule has 4 rings (SSSR count). The van der Waals surface area contributed by atoms with Crippen LogP contribution in [0.25, 0.3) is 11.1 Å². The van der Waals surface area contributed by atoms with Crippen LogP contribution in [0.4, 0.5) is 4.79 Å². The van der Waals surface area contributed by atoms with E-state index in [1.165, 1.54) is 11.3 Å². The predicted octanol–water partition coefficient (Wildman–Crippen LogP) is 4.41. The quantitative estimate of drug-likeness (QED) is 0.688. The molecule has 0 aliphatic heterocycles. The van der Waals surface area contributed by atoms with Gasteiger partial charge in [-0.3, -0.25) is 0 Å². The Kier molecular flexibility index (Phi) is 4.64. The molecule has 1 aliphatic rings. The summed E-state index contributed by atoms with van der Waals surface area (Å²) >= 11 is 1.38. The fraction of sp³-hybridized carbons (Fsp3) is 0.143. The summed E-state index contributed by atoms with van der Waals surface area (Å²) in [6, 6.07) is 16.7. The van der Waals surface area contributed by atoms with Gasteiger partial charge < -0.3 is 15.2 Å². The Balaban J connectivity index is 1.49. The number of hydrogen-bond donors (Lipinski definition) is 2. The van der Waals surface area contributed by atoms with E-state index in [1.54, 1.807) is 16.8 Å². The number of carbonyl (C=O) groups excluding carboxylic acids is 1. The van der Waals surface area contributed by atoms with Crippen LogP contribution in [-0.4, -0.2) is 23.8 Å². The largest absolute Gasteiger partial charge is 0.479 e. The first kappa shape index (κ1) is 17.3. The second kappa shape index (κ2) is 7.25. The van der Waals surface area contributed by atoms with Crippen LogP contribution < -0.4 is 5.32 Å². The van der Waals surface area contributed by atoms with Crippen molar-refractivity contribution < 1.29 is 19.4 Å². The molecule has 0 spiro atoms. The van der Waals surface area contributed by atoms with Gasteiger partial charge in [-0.2, -0.15) is 11.3 Å². The van der Waals surface area contributed by atoms with Crippen LogP contribution in [0.1, 0.15) is 28.7 Å². The van der Waals surface area contributed by atoms with Gasteiger partial charge in [-0.25, -0.2) is 9.59 Å². The number of alkyl carbamates (subject to hydrolysis) is 1. The monoisotopic (exact) mass is 379 g/mol. The zero-order valence-corrected chi connectivity index (χ0v) is 15.1. The third kappa shape index (κ3) is 3.31. The summed E-state index contributed by atoms with van der Waals surface area (Å²) < 4.78 is 5.41. The molecule has 5 nitrogen and oxygen atoms in total. The van der Waals surface area contributed by atoms with Crippen LogP contribution in [-0.2, 0) is 9.53 Å². The minimum atomic E-state index is -1.12. The second-order valence-corrected chi connectivity index (χ2v) is 7.08. The van der Waals surface area contributed by atoms with Gasteiger partial charge in [0.1, 0.15) is 6.61 Å². The molecule has 1 aliphatic carbocycles. The number of amides is 1. The summed E-state index contributed by atoms with van der Waals surface area (Å²) in [6.07, 6.45) is -0.740. The Morgan fingerprint density at radius 2 is 1.67 bits per heavy atom. The zero-order chi connectivity index (χ0) is 18.8. The molecule has 1 aromatic heterocycles. The number of thiophene rings is 1. The summed E-state index contributed by atoms with van der Waals surface area (Å²) in [5.41, 5.74) is 5.03. The maximum atomic E-state index is 12.2. The van der Waals surface area contributed by atoms with Crippen LogP contribution >= 0.6 is 11.3 Å². The highest BCUT2D eigenvalue weighted by molar-refractivity contribution is 7.08. The average molecular weight is 379 g/mol. The van der Waals surface area contributed by atoms with Gasteiger partial charge in [-0.15, -0.1) is 0 Å². The van der Waals surface area contributed by atoms with Gasteiger partial charge in [0.2, 0.25) is 0 Å². The Morgan fingerprint density at radius 1 is 1.04 bits per heavy atom. The van der Waals surface area contributed by atoms with Gasteiger partial charge in [0, 0.05) is 5.92 Å². The third-order valence-corrected chi connectivity index (χ3v) is 5.43. The molecule has 0 saturated carbocycles. The van der Waals surface area contributed by atoms with Crippen molar-refractivity contribution in [2.75, 3.05) is 6.61 Å². The molecule has 27 heavy (non-hydrogen) atoms. The first-order valence-corrected chi connectivity index (χ1v) is 9.46. The topological polar surface area (TPSA) is 75.6 Å². The molecule has 0 fully saturated rings. The van der Waals surface area contributed by atoms with E-state index in [1.807, 2.05) is 36.4 Å². The highest BCUT2D eigenvalue weighted by Crippen LogP contribution is 2.44. The lowest BCUT2D eigenvalue weighted by molar-refractivity contribution is -0.139. The normalized spacial score (nSPS) is 13.5. The van der Waals surface area contributed by atoms with E-state index in [0.29, 0.717) is 5.56 Å². The Hall–Kier alpha value is -3.12. The van der Waals surface area contributed by atoms with E-state index in [2.05, 4.69) is 17.4 Å². The predicted molar refractivity (Wildman–Crippen MR) is 103 cm³/mol. The number of fused-ring (bicyclic) bond motifs is 3. The Labute approximate surface area is 160 Å². The fourth-order valence-corrected chi connectivity index (χ4v) is 4.17. The average Bonchev–Trinajstić information content (AvgIpc) is 3.31. The summed E-state index contributed by atoms with van der Waals surface area (Å²) in [4.78, 5) is 23.7. The van der Waals surface area contributed by atoms with Crippen LogP contribution in [0.2, 0.25) is 0 Å². The minimum absolute atomic E-state index is 0.0624. The van der Waals surface area contributed by atoms with Crippen LogP contribution in [0.15, 0.2) is 65.4 Å². The zero-order valence-electron chi connectivity index (χ0n) is 14.3. The summed E-state index contributed by atoms with van der Waals surface area (Å²) in [5.74, 6) is -1.19. The smallest absolute Gasteiger partial charge is 0.408 e. The highest BCUT2D eigenvalue weighted by Gasteiger charge is 2.30. The van der Waals surface area contributed by atoms with Gasteiger partial charge in [0.15, 0.2) is 6.04 Å². The number of hydrogen-bond acceptors (Lipinski definition) is 4. The molecule has 1 unspecified atom stereocenters. The van der Waals surface area contributed by atoms with E-state index in [-0.39, 0.29) is 12.5 Å². The molecule has 2 N–H and O–H groups in total. The standard InChI is InChI=1S/C21H17NO4S/c23-20(24)19(13-9-10-27-12-13)22-21(25)26-11-18-16-7-3-1-5-14(16)15-6-2-4-8-17(15)18/h1-10,12,18-19H,11H2,(H,22,25)(H,23,24). The molecule has 0 bridgehead atoms. The molecule has 0 radical (unpaired) electrons. The van der Waals surface area contributed by atoms with Crippen molar-refractivity contribution in [2.45, 2.75) is 12.0 Å². The van der Waals surface area contributed by atoms with Crippen LogP contribution in [0.3, 0.4) is 0 Å². The van der Waals surface area contributed by atoms with Crippen LogP contribution in [0.5, 0.6) is 0 Å². The van der Waals surface area contributed by atoms with E-state index in [4.69, 9.17) is 4.74 Å². The van der Waals surface area contributed by atoms with Gasteiger partial charge in [0.25, 0.3) is 0 Å². The van der Waals surface area contributed by atoms with Crippen molar-refractivity contribution in [3.05, 3.63) is 82.0 Å². The maximum absolute atomic E-state index is 12.2. The lowest BCUT2D eigenvalue weighted by atomic mass is 9.98. The van der Waals surface area contributed by atoms with Crippen molar-refractivity contribution in [1.29, 1.82) is 0 Å². The number of rotatable bonds is 5. The van der Waals surface area contributed by atoms with E-state index in [0.717, 1.165) is 22.3 Å². The summed E-state index contributed by atoms with van der Waals surface area (Å²) in [5, 5.41) is 15.3. The number of ether oxygens (including phenoxy) is 1. The third-order valence-electron chi connectivity index (χ3n) is 4.73. The van der Waals surface area contributed by atoms with E-state index < -0.39 is 18.1 Å². The number of aliphatic carboxylic acids is 1. The first-order valence-electron chi connectivity index (χ1n) is 8.51. The molecule has 1 heterocycles. The van der Waals surface area contributed by atoms with Gasteiger partial charge in [-0.05, 0) is 44.6 Å². The summed E-state index contributed by atoms with van der Waals surface area (Å²) in [7, 11) is 0. The lowest BCUT2D eigenvalue weighted by Gasteiger charge is -2.17. The fourth-order valence-electron chi connectivity index (χ4n) is 3.48. The van der Waals surface area contributed by atoms with Gasteiger partial charge in [-0.1, -0.05) is 48.5 Å². The molecule has 6 heteroatoms. The van der Waals surface area contributed by atoms with E-state index in [9.17, 15) is 14.7 Å². The Morgan fingerprint density at radius 3 is 2.22 bits per heavy atom. The van der Waals surface area contributed by atoms with Gasteiger partial charge in [0.05, 0.1) is 0 Å². The number of carboxylic acid groups (broad SMARTS) is 1. The number of carboxylic acids is 1. The molecule has 1 amide bonds. The molecular weight excluding hydrogens is 362 g/mol. The highest BCUT2D eigenvalue weighted by atomic mass is 32.1. The minimum Gasteiger partial charge on any atom is -0.479 e. The first-order chi connectivity index (χ1) is 13.1. The van der Waals surface area contributed by atoms with Gasteiger partial charge >= 0.3 is 12.1 Å². The Bertz CT molecular complexity index is 938. The SMILES string of the molecule is O=C(NC(C(=O)O)c1ccsc1)OCC1c2ccccc2-c2ccccc21. The van der Waals surface area contributed by atoms with Crippen LogP contribution in [0, 0.1) is 0 Å².